The number of carbonyl (C=O) groups excluding carboxylic acids is 1. The SMILES string of the molecule is CCOc1ccc(S(=O)(=O)NC(Cc2ccccc2)C(=O)Nc2ccccc2SC)cc1Cl. The molecular weight excluding hydrogens is 480 g/mol. The molecule has 1 atom stereocenters. The summed E-state index contributed by atoms with van der Waals surface area (Å²) < 4.78 is 34.2. The quantitative estimate of drug-likeness (QED) is 0.380. The lowest BCUT2D eigenvalue weighted by molar-refractivity contribution is -0.117. The summed E-state index contributed by atoms with van der Waals surface area (Å²) in [6, 6.07) is 19.8. The van der Waals surface area contributed by atoms with Crippen molar-refractivity contribution in [3.63, 3.8) is 0 Å². The normalized spacial score (nSPS) is 12.2. The van der Waals surface area contributed by atoms with Crippen LogP contribution in [0.4, 0.5) is 5.69 Å². The van der Waals surface area contributed by atoms with Crippen LogP contribution in [0.1, 0.15) is 12.5 Å². The van der Waals surface area contributed by atoms with E-state index in [1.54, 1.807) is 6.07 Å². The smallest absolute Gasteiger partial charge is 0.242 e. The summed E-state index contributed by atoms with van der Waals surface area (Å²) in [6.07, 6.45) is 2.09. The Morgan fingerprint density at radius 1 is 1.06 bits per heavy atom. The molecule has 2 N–H and O–H groups in total. The molecule has 9 heteroatoms. The highest BCUT2D eigenvalue weighted by Gasteiger charge is 2.27. The summed E-state index contributed by atoms with van der Waals surface area (Å²) in [6.45, 7) is 2.21. The van der Waals surface area contributed by atoms with Gasteiger partial charge in [-0.15, -0.1) is 11.8 Å². The molecule has 0 radical (unpaired) electrons. The van der Waals surface area contributed by atoms with Crippen molar-refractivity contribution in [2.45, 2.75) is 29.2 Å². The van der Waals surface area contributed by atoms with Crippen LogP contribution >= 0.6 is 23.4 Å². The summed E-state index contributed by atoms with van der Waals surface area (Å²) in [4.78, 5) is 14.0. The fourth-order valence-electron chi connectivity index (χ4n) is 3.18. The second kappa shape index (κ2) is 11.6. The lowest BCUT2D eigenvalue weighted by Gasteiger charge is -2.20. The van der Waals surface area contributed by atoms with Crippen molar-refractivity contribution >= 4 is 45.0 Å². The first-order valence-electron chi connectivity index (χ1n) is 10.3. The van der Waals surface area contributed by atoms with Gasteiger partial charge in [0.1, 0.15) is 11.8 Å². The fraction of sp³-hybridized carbons (Fsp3) is 0.208. The van der Waals surface area contributed by atoms with Crippen LogP contribution in [0.15, 0.2) is 82.6 Å². The minimum Gasteiger partial charge on any atom is -0.492 e. The highest BCUT2D eigenvalue weighted by atomic mass is 35.5. The minimum absolute atomic E-state index is 0.0497. The molecule has 0 aliphatic carbocycles. The topological polar surface area (TPSA) is 84.5 Å². The number of anilines is 1. The van der Waals surface area contributed by atoms with E-state index in [2.05, 4.69) is 10.0 Å². The standard InChI is InChI=1S/C24H25ClN2O4S2/c1-3-31-22-14-13-18(16-19(22)25)33(29,30)27-21(15-17-9-5-4-6-10-17)24(28)26-20-11-7-8-12-23(20)32-2/h4-14,16,21,27H,3,15H2,1-2H3,(H,26,28). The maximum atomic E-state index is 13.2. The zero-order chi connectivity index (χ0) is 23.8. The average Bonchev–Trinajstić information content (AvgIpc) is 2.81. The summed E-state index contributed by atoms with van der Waals surface area (Å²) in [7, 11) is -4.04. The summed E-state index contributed by atoms with van der Waals surface area (Å²) in [5.41, 5.74) is 1.44. The van der Waals surface area contributed by atoms with Gasteiger partial charge in [-0.1, -0.05) is 54.1 Å². The molecule has 3 rings (SSSR count). The molecule has 1 amide bonds. The molecule has 0 aliphatic heterocycles. The van der Waals surface area contributed by atoms with E-state index in [4.69, 9.17) is 16.3 Å². The van der Waals surface area contributed by atoms with Crippen LogP contribution in [0.2, 0.25) is 5.02 Å². The Morgan fingerprint density at radius 2 is 1.76 bits per heavy atom. The fourth-order valence-corrected chi connectivity index (χ4v) is 5.26. The maximum absolute atomic E-state index is 13.2. The largest absolute Gasteiger partial charge is 0.492 e. The Labute approximate surface area is 203 Å². The van der Waals surface area contributed by atoms with Crippen LogP contribution in [0.5, 0.6) is 5.75 Å². The summed E-state index contributed by atoms with van der Waals surface area (Å²) >= 11 is 7.68. The van der Waals surface area contributed by atoms with E-state index in [9.17, 15) is 13.2 Å². The third-order valence-electron chi connectivity index (χ3n) is 4.77. The molecule has 1 unspecified atom stereocenters. The van der Waals surface area contributed by atoms with Crippen LogP contribution in [-0.2, 0) is 21.2 Å². The lowest BCUT2D eigenvalue weighted by atomic mass is 10.1. The van der Waals surface area contributed by atoms with E-state index in [-0.39, 0.29) is 16.3 Å². The zero-order valence-corrected chi connectivity index (χ0v) is 20.6. The van der Waals surface area contributed by atoms with Crippen molar-refractivity contribution in [2.24, 2.45) is 0 Å². The van der Waals surface area contributed by atoms with Crippen molar-refractivity contribution in [1.82, 2.24) is 4.72 Å². The summed E-state index contributed by atoms with van der Waals surface area (Å²) in [5, 5.41) is 3.04. The van der Waals surface area contributed by atoms with E-state index >= 15 is 0 Å². The number of nitrogens with one attached hydrogen (secondary N) is 2. The molecule has 0 spiro atoms. The van der Waals surface area contributed by atoms with Crippen molar-refractivity contribution in [1.29, 1.82) is 0 Å². The van der Waals surface area contributed by atoms with Gasteiger partial charge in [0.05, 0.1) is 22.2 Å². The highest BCUT2D eigenvalue weighted by Crippen LogP contribution is 2.28. The Bertz CT molecular complexity index is 1200. The van der Waals surface area contributed by atoms with Crippen LogP contribution in [0.3, 0.4) is 0 Å². The number of rotatable bonds is 10. The third kappa shape index (κ3) is 6.74. The predicted molar refractivity (Wildman–Crippen MR) is 134 cm³/mol. The number of carbonyl (C=O) groups is 1. The van der Waals surface area contributed by atoms with Gasteiger partial charge in [-0.3, -0.25) is 4.79 Å². The molecule has 0 saturated carbocycles. The molecule has 0 aromatic heterocycles. The van der Waals surface area contributed by atoms with Gasteiger partial charge >= 0.3 is 0 Å². The van der Waals surface area contributed by atoms with Crippen molar-refractivity contribution in [3.05, 3.63) is 83.4 Å². The van der Waals surface area contributed by atoms with Gasteiger partial charge in [0.15, 0.2) is 0 Å². The van der Waals surface area contributed by atoms with Crippen LogP contribution in [0.25, 0.3) is 0 Å². The van der Waals surface area contributed by atoms with Gasteiger partial charge in [0.25, 0.3) is 0 Å². The van der Waals surface area contributed by atoms with Crippen LogP contribution in [0, 0.1) is 0 Å². The zero-order valence-electron chi connectivity index (χ0n) is 18.2. The predicted octanol–water partition coefficient (Wildman–Crippen LogP) is 4.99. The number of para-hydroxylation sites is 1. The van der Waals surface area contributed by atoms with Crippen molar-refractivity contribution < 1.29 is 17.9 Å². The minimum atomic E-state index is -4.04. The molecule has 174 valence electrons. The maximum Gasteiger partial charge on any atom is 0.242 e. The Morgan fingerprint density at radius 3 is 2.42 bits per heavy atom. The van der Waals surface area contributed by atoms with Gasteiger partial charge in [-0.25, -0.2) is 8.42 Å². The van der Waals surface area contributed by atoms with Gasteiger partial charge < -0.3 is 10.1 Å². The number of ether oxygens (including phenoxy) is 1. The number of halogens is 1. The molecule has 0 bridgehead atoms. The Kier molecular flexibility index (Phi) is 8.80. The number of benzene rings is 3. The number of amides is 1. The number of hydrogen-bond donors (Lipinski definition) is 2. The number of thioether (sulfide) groups is 1. The van der Waals surface area contributed by atoms with Gasteiger partial charge in [-0.05, 0) is 55.5 Å². The first-order chi connectivity index (χ1) is 15.8. The summed E-state index contributed by atoms with van der Waals surface area (Å²) in [5.74, 6) is -0.0636. The van der Waals surface area contributed by atoms with E-state index in [1.807, 2.05) is 61.7 Å². The van der Waals surface area contributed by atoms with Gasteiger partial charge in [-0.2, -0.15) is 4.72 Å². The second-order valence-corrected chi connectivity index (χ2v) is 10.0. The van der Waals surface area contributed by atoms with E-state index in [0.717, 1.165) is 10.5 Å². The van der Waals surface area contributed by atoms with Crippen molar-refractivity contribution in [3.8, 4) is 5.75 Å². The first kappa shape index (κ1) is 25.1. The van der Waals surface area contributed by atoms with E-state index < -0.39 is 22.0 Å². The molecule has 3 aromatic rings. The second-order valence-electron chi connectivity index (χ2n) is 7.08. The molecule has 6 nitrogen and oxygen atoms in total. The molecule has 0 fully saturated rings. The van der Waals surface area contributed by atoms with Gasteiger partial charge in [0.2, 0.25) is 15.9 Å². The highest BCUT2D eigenvalue weighted by molar-refractivity contribution is 7.98. The third-order valence-corrected chi connectivity index (χ3v) is 7.34. The van der Waals surface area contributed by atoms with Gasteiger partial charge in [0, 0.05) is 4.90 Å². The Balaban J connectivity index is 1.89. The van der Waals surface area contributed by atoms with Crippen LogP contribution in [-0.4, -0.2) is 33.2 Å². The molecule has 0 aliphatic rings. The molecule has 3 aromatic carbocycles. The molecule has 0 saturated heterocycles. The molecule has 0 heterocycles. The number of hydrogen-bond acceptors (Lipinski definition) is 5. The van der Waals surface area contributed by atoms with Crippen molar-refractivity contribution in [2.75, 3.05) is 18.2 Å². The monoisotopic (exact) mass is 504 g/mol. The average molecular weight is 505 g/mol. The van der Waals surface area contributed by atoms with E-state index in [1.165, 1.54) is 30.0 Å². The van der Waals surface area contributed by atoms with E-state index in [0.29, 0.717) is 18.0 Å². The molecule has 33 heavy (non-hydrogen) atoms. The molecular formula is C24H25ClN2O4S2. The lowest BCUT2D eigenvalue weighted by Crippen LogP contribution is -2.45. The number of sulfonamides is 1. The Hall–Kier alpha value is -2.52. The van der Waals surface area contributed by atoms with Crippen LogP contribution < -0.4 is 14.8 Å². The first-order valence-corrected chi connectivity index (χ1v) is 13.3.